The van der Waals surface area contributed by atoms with Crippen molar-refractivity contribution in [2.45, 2.75) is 32.2 Å². The SMILES string of the molecule is CCN(C(=O)c1cc(C(F)(F)F)cnc1-n1cccc1)[C@@H](C)COc1ccc(C(F)(F)F)cn1. The van der Waals surface area contributed by atoms with Gasteiger partial charge >= 0.3 is 12.4 Å². The van der Waals surface area contributed by atoms with Crippen LogP contribution < -0.4 is 4.74 Å². The van der Waals surface area contributed by atoms with E-state index in [-0.39, 0.29) is 30.4 Å². The van der Waals surface area contributed by atoms with E-state index in [1.54, 1.807) is 38.4 Å². The quantitative estimate of drug-likeness (QED) is 0.429. The molecule has 0 aliphatic carbocycles. The van der Waals surface area contributed by atoms with Crippen molar-refractivity contribution in [2.24, 2.45) is 0 Å². The maximum Gasteiger partial charge on any atom is 0.417 e. The normalized spacial score (nSPS) is 12.9. The Morgan fingerprint density at radius 2 is 1.65 bits per heavy atom. The number of hydrogen-bond donors (Lipinski definition) is 0. The molecule has 0 bridgehead atoms. The number of likely N-dealkylation sites (N-methyl/N-ethyl adjacent to an activating group) is 1. The summed E-state index contributed by atoms with van der Waals surface area (Å²) in [4.78, 5) is 22.1. The van der Waals surface area contributed by atoms with Crippen molar-refractivity contribution in [1.82, 2.24) is 19.4 Å². The number of carbonyl (C=O) groups is 1. The van der Waals surface area contributed by atoms with Crippen LogP contribution in [0.3, 0.4) is 0 Å². The fraction of sp³-hybridized carbons (Fsp3) is 0.318. The Labute approximate surface area is 190 Å². The average molecular weight is 486 g/mol. The Bertz CT molecular complexity index is 1110. The number of nitrogens with zero attached hydrogens (tertiary/aromatic N) is 4. The molecule has 0 unspecified atom stereocenters. The van der Waals surface area contributed by atoms with Gasteiger partial charge in [-0.05, 0) is 38.1 Å². The van der Waals surface area contributed by atoms with Crippen LogP contribution in [-0.2, 0) is 12.4 Å². The Kier molecular flexibility index (Phi) is 7.18. The van der Waals surface area contributed by atoms with Crippen LogP contribution in [0.15, 0.2) is 55.1 Å². The fourth-order valence-corrected chi connectivity index (χ4v) is 3.19. The predicted octanol–water partition coefficient (Wildman–Crippen LogP) is 5.23. The largest absolute Gasteiger partial charge is 0.475 e. The third kappa shape index (κ3) is 5.67. The Balaban J connectivity index is 1.82. The van der Waals surface area contributed by atoms with Gasteiger partial charge in [-0.1, -0.05) is 0 Å². The number of carbonyl (C=O) groups excluding carboxylic acids is 1. The monoisotopic (exact) mass is 486 g/mol. The number of amides is 1. The van der Waals surface area contributed by atoms with Crippen LogP contribution in [0.25, 0.3) is 5.82 Å². The molecular weight excluding hydrogens is 466 g/mol. The molecule has 12 heteroatoms. The lowest BCUT2D eigenvalue weighted by Gasteiger charge is -2.29. The summed E-state index contributed by atoms with van der Waals surface area (Å²) in [6.45, 7) is 3.22. The average Bonchev–Trinajstić information content (AvgIpc) is 3.31. The minimum absolute atomic E-state index is 0.0268. The van der Waals surface area contributed by atoms with Gasteiger partial charge in [-0.15, -0.1) is 0 Å². The molecule has 0 aliphatic rings. The van der Waals surface area contributed by atoms with Crippen molar-refractivity contribution in [3.8, 4) is 11.7 Å². The first-order valence-corrected chi connectivity index (χ1v) is 10.1. The van der Waals surface area contributed by atoms with Crippen LogP contribution in [-0.4, -0.2) is 44.5 Å². The summed E-state index contributed by atoms with van der Waals surface area (Å²) in [7, 11) is 0. The lowest BCUT2D eigenvalue weighted by atomic mass is 10.1. The van der Waals surface area contributed by atoms with Gasteiger partial charge in [0.15, 0.2) is 0 Å². The van der Waals surface area contributed by atoms with Crippen molar-refractivity contribution in [1.29, 1.82) is 0 Å². The zero-order chi connectivity index (χ0) is 25.1. The van der Waals surface area contributed by atoms with Crippen LogP contribution >= 0.6 is 0 Å². The van der Waals surface area contributed by atoms with Gasteiger partial charge in [-0.3, -0.25) is 4.79 Å². The van der Waals surface area contributed by atoms with Crippen molar-refractivity contribution < 1.29 is 35.9 Å². The maximum absolute atomic E-state index is 13.3. The van der Waals surface area contributed by atoms with E-state index in [1.807, 2.05) is 0 Å². The first-order valence-electron chi connectivity index (χ1n) is 10.1. The minimum atomic E-state index is -4.70. The molecule has 1 atom stereocenters. The second-order valence-electron chi connectivity index (χ2n) is 7.32. The highest BCUT2D eigenvalue weighted by Crippen LogP contribution is 2.31. The molecule has 0 aromatic carbocycles. The van der Waals surface area contributed by atoms with E-state index in [4.69, 9.17) is 4.74 Å². The zero-order valence-corrected chi connectivity index (χ0v) is 18.1. The molecule has 0 saturated carbocycles. The van der Waals surface area contributed by atoms with E-state index < -0.39 is 35.4 Å². The van der Waals surface area contributed by atoms with E-state index in [2.05, 4.69) is 9.97 Å². The highest BCUT2D eigenvalue weighted by molar-refractivity contribution is 5.97. The number of halogens is 6. The highest BCUT2D eigenvalue weighted by Gasteiger charge is 2.34. The van der Waals surface area contributed by atoms with E-state index in [0.29, 0.717) is 12.4 Å². The topological polar surface area (TPSA) is 60.2 Å². The summed E-state index contributed by atoms with van der Waals surface area (Å²) >= 11 is 0. The number of rotatable bonds is 7. The number of pyridine rings is 2. The van der Waals surface area contributed by atoms with Crippen LogP contribution in [0.2, 0.25) is 0 Å². The van der Waals surface area contributed by atoms with Crippen molar-refractivity contribution in [3.63, 3.8) is 0 Å². The molecule has 0 saturated heterocycles. The summed E-state index contributed by atoms with van der Waals surface area (Å²) in [6, 6.07) is 5.24. The third-order valence-corrected chi connectivity index (χ3v) is 4.94. The highest BCUT2D eigenvalue weighted by atomic mass is 19.4. The molecule has 0 fully saturated rings. The van der Waals surface area contributed by atoms with Gasteiger partial charge in [-0.25, -0.2) is 9.97 Å². The van der Waals surface area contributed by atoms with E-state index in [0.717, 1.165) is 18.2 Å². The molecule has 3 rings (SSSR count). The number of aromatic nitrogens is 3. The van der Waals surface area contributed by atoms with Crippen molar-refractivity contribution >= 4 is 5.91 Å². The molecule has 0 spiro atoms. The van der Waals surface area contributed by atoms with E-state index in [1.165, 1.54) is 9.47 Å². The standard InChI is InChI=1S/C22H20F6N4O2/c1-3-32(14(2)13-34-18-7-6-15(11-29-18)21(23,24)25)20(33)17-10-16(22(26,27)28)12-30-19(17)31-8-4-5-9-31/h4-12,14H,3,13H2,1-2H3/t14-/m0/s1. The Morgan fingerprint density at radius 3 is 2.18 bits per heavy atom. The van der Waals surface area contributed by atoms with Gasteiger partial charge in [0, 0.05) is 37.4 Å². The number of hydrogen-bond acceptors (Lipinski definition) is 4. The van der Waals surface area contributed by atoms with Gasteiger partial charge < -0.3 is 14.2 Å². The maximum atomic E-state index is 13.3. The molecule has 1 amide bonds. The Morgan fingerprint density at radius 1 is 1.03 bits per heavy atom. The molecule has 0 aliphatic heterocycles. The number of ether oxygens (including phenoxy) is 1. The van der Waals surface area contributed by atoms with Gasteiger partial charge in [0.25, 0.3) is 5.91 Å². The minimum Gasteiger partial charge on any atom is -0.475 e. The number of alkyl halides is 6. The first-order chi connectivity index (χ1) is 15.9. The van der Waals surface area contributed by atoms with Crippen LogP contribution in [0.4, 0.5) is 26.3 Å². The lowest BCUT2D eigenvalue weighted by molar-refractivity contribution is -0.138. The van der Waals surface area contributed by atoms with E-state index >= 15 is 0 Å². The molecule has 3 aromatic rings. The lowest BCUT2D eigenvalue weighted by Crippen LogP contribution is -2.42. The fourth-order valence-electron chi connectivity index (χ4n) is 3.19. The van der Waals surface area contributed by atoms with Gasteiger partial charge in [0.1, 0.15) is 12.4 Å². The third-order valence-electron chi connectivity index (χ3n) is 4.94. The summed E-state index contributed by atoms with van der Waals surface area (Å²) in [5, 5.41) is 0. The first kappa shape index (κ1) is 25.1. The summed E-state index contributed by atoms with van der Waals surface area (Å²) in [5.41, 5.74) is -2.26. The zero-order valence-electron chi connectivity index (χ0n) is 18.1. The molecular formula is C22H20F6N4O2. The summed E-state index contributed by atoms with van der Waals surface area (Å²) in [6.07, 6.45) is -4.86. The van der Waals surface area contributed by atoms with Gasteiger partial charge in [0.05, 0.1) is 22.7 Å². The molecule has 182 valence electrons. The predicted molar refractivity (Wildman–Crippen MR) is 109 cm³/mol. The van der Waals surface area contributed by atoms with Crippen LogP contribution in [0, 0.1) is 0 Å². The molecule has 0 N–H and O–H groups in total. The second-order valence-corrected chi connectivity index (χ2v) is 7.32. The molecule has 6 nitrogen and oxygen atoms in total. The van der Waals surface area contributed by atoms with Crippen LogP contribution in [0.1, 0.15) is 35.3 Å². The summed E-state index contributed by atoms with van der Waals surface area (Å²) < 4.78 is 84.7. The Hall–Kier alpha value is -3.57. The van der Waals surface area contributed by atoms with E-state index in [9.17, 15) is 31.1 Å². The van der Waals surface area contributed by atoms with Crippen molar-refractivity contribution in [3.05, 3.63) is 71.8 Å². The van der Waals surface area contributed by atoms with Crippen LogP contribution in [0.5, 0.6) is 5.88 Å². The van der Waals surface area contributed by atoms with Gasteiger partial charge in [0.2, 0.25) is 5.88 Å². The smallest absolute Gasteiger partial charge is 0.417 e. The molecule has 0 radical (unpaired) electrons. The van der Waals surface area contributed by atoms with Crippen molar-refractivity contribution in [2.75, 3.05) is 13.2 Å². The van der Waals surface area contributed by atoms with Gasteiger partial charge in [-0.2, -0.15) is 26.3 Å². The molecule has 3 aromatic heterocycles. The molecule has 3 heterocycles. The molecule has 34 heavy (non-hydrogen) atoms. The second kappa shape index (κ2) is 9.74. The summed E-state index contributed by atoms with van der Waals surface area (Å²) in [5.74, 6) is -0.766.